The lowest BCUT2D eigenvalue weighted by atomic mass is 13.9. The molecule has 30 valence electrons. The lowest BCUT2D eigenvalue weighted by Crippen LogP contribution is -1.76. The number of hydrogen-bond acceptors (Lipinski definition) is 3. The van der Waals surface area contributed by atoms with Crippen molar-refractivity contribution in [1.29, 1.82) is 0 Å². The van der Waals surface area contributed by atoms with Gasteiger partial charge in [-0.15, -0.1) is 0 Å². The molecule has 0 aliphatic heterocycles. The summed E-state index contributed by atoms with van der Waals surface area (Å²) in [5, 5.41) is 7.23. The monoisotopic (exact) mass is 96.0 g/mol. The molecule has 0 aliphatic carbocycles. The fraction of sp³-hybridized carbons (Fsp3) is 0. The molecule has 1 atom stereocenters. The van der Waals surface area contributed by atoms with E-state index in [4.69, 9.17) is 5.26 Å². The molecule has 0 rings (SSSR count). The van der Waals surface area contributed by atoms with Crippen LogP contribution >= 0.6 is 8.18 Å². The third kappa shape index (κ3) is 3.98. The molecule has 0 saturated heterocycles. The molecule has 0 heterocycles. The average Bonchev–Trinajstić information content (AvgIpc) is 1.38. The molecule has 0 fully saturated rings. The van der Waals surface area contributed by atoms with Crippen molar-refractivity contribution in [3.63, 3.8) is 0 Å². The smallest absolute Gasteiger partial charge is 0.203 e. The van der Waals surface area contributed by atoms with Crippen molar-refractivity contribution < 1.29 is 14.5 Å². The Morgan fingerprint density at radius 3 is 2.20 bits per heavy atom. The fourth-order valence-electron chi connectivity index (χ4n) is 0. The highest BCUT2D eigenvalue weighted by molar-refractivity contribution is 7.36. The standard InChI is InChI=1S/H2NO3P/c1-5(3)4-2/h(H2-,1,2,3)/p+1. The summed E-state index contributed by atoms with van der Waals surface area (Å²) in [6.45, 7) is 0. The van der Waals surface area contributed by atoms with E-state index < -0.39 is 8.18 Å². The van der Waals surface area contributed by atoms with Gasteiger partial charge in [0.25, 0.3) is 0 Å². The Morgan fingerprint density at radius 1 is 2.00 bits per heavy atom. The van der Waals surface area contributed by atoms with E-state index in [-0.39, 0.29) is 0 Å². The Hall–Kier alpha value is -0.0200. The van der Waals surface area contributed by atoms with E-state index >= 15 is 0 Å². The molecule has 0 aromatic carbocycles. The van der Waals surface area contributed by atoms with Crippen LogP contribution in [0, 0.1) is 0 Å². The SMILES string of the molecule is N[P+](=O)OO. The predicted molar refractivity (Wildman–Crippen MR) is 15.5 cm³/mol. The zero-order valence-corrected chi connectivity index (χ0v) is 3.18. The first kappa shape index (κ1) is 4.98. The minimum Gasteiger partial charge on any atom is -0.203 e. The van der Waals surface area contributed by atoms with Gasteiger partial charge in [-0.1, -0.05) is 5.50 Å². The Labute approximate surface area is 29.4 Å². The van der Waals surface area contributed by atoms with E-state index in [2.05, 4.69) is 10.2 Å². The maximum Gasteiger partial charge on any atom is 0.640 e. The zero-order valence-electron chi connectivity index (χ0n) is 2.29. The quantitative estimate of drug-likeness (QED) is 0.275. The van der Waals surface area contributed by atoms with Crippen molar-refractivity contribution >= 4 is 8.18 Å². The van der Waals surface area contributed by atoms with Gasteiger partial charge >= 0.3 is 8.18 Å². The molecule has 0 saturated carbocycles. The van der Waals surface area contributed by atoms with Gasteiger partial charge in [0.2, 0.25) is 0 Å². The molecule has 5 heteroatoms. The Balaban J connectivity index is 2.85. The van der Waals surface area contributed by atoms with Crippen LogP contribution in [0.1, 0.15) is 0 Å². The van der Waals surface area contributed by atoms with Crippen LogP contribution in [0.4, 0.5) is 0 Å². The molecule has 0 aromatic heterocycles. The molecular formula is H3NO3P+. The third-order valence-corrected chi connectivity index (χ3v) is 0.241. The zero-order chi connectivity index (χ0) is 4.28. The van der Waals surface area contributed by atoms with Gasteiger partial charge in [0.05, 0.1) is 0 Å². The van der Waals surface area contributed by atoms with Crippen LogP contribution in [0.15, 0.2) is 0 Å². The van der Waals surface area contributed by atoms with Gasteiger partial charge in [-0.25, -0.2) is 5.26 Å². The number of rotatable bonds is 1. The van der Waals surface area contributed by atoms with Crippen LogP contribution in [-0.4, -0.2) is 5.26 Å². The summed E-state index contributed by atoms with van der Waals surface area (Å²) in [6.07, 6.45) is 0. The second kappa shape index (κ2) is 2.23. The Bertz CT molecular complexity index is 42.2. The van der Waals surface area contributed by atoms with Crippen molar-refractivity contribution in [2.45, 2.75) is 0 Å². The fourth-order valence-corrected chi connectivity index (χ4v) is 0. The molecule has 4 nitrogen and oxygen atoms in total. The lowest BCUT2D eigenvalue weighted by Gasteiger charge is -1.55. The van der Waals surface area contributed by atoms with Gasteiger partial charge in [0.15, 0.2) is 0 Å². The topological polar surface area (TPSA) is 72.6 Å². The van der Waals surface area contributed by atoms with E-state index in [9.17, 15) is 4.57 Å². The van der Waals surface area contributed by atoms with Crippen molar-refractivity contribution in [3.8, 4) is 0 Å². The highest BCUT2D eigenvalue weighted by atomic mass is 31.1. The van der Waals surface area contributed by atoms with Crippen LogP contribution < -0.4 is 5.50 Å². The van der Waals surface area contributed by atoms with Crippen LogP contribution in [-0.2, 0) is 9.24 Å². The van der Waals surface area contributed by atoms with Crippen LogP contribution in [0.25, 0.3) is 0 Å². The largest absolute Gasteiger partial charge is 0.640 e. The minimum absolute atomic E-state index is 2.29. The van der Waals surface area contributed by atoms with Gasteiger partial charge in [-0.3, -0.25) is 0 Å². The second-order valence-electron chi connectivity index (χ2n) is 0.367. The predicted octanol–water partition coefficient (Wildman–Crippen LogP) is 0.0921. The summed E-state index contributed by atoms with van der Waals surface area (Å²) in [5.41, 5.74) is 4.33. The Kier molecular flexibility index (Phi) is 2.22. The molecule has 1 unspecified atom stereocenters. The van der Waals surface area contributed by atoms with E-state index in [1.807, 2.05) is 0 Å². The van der Waals surface area contributed by atoms with Crippen LogP contribution in [0.2, 0.25) is 0 Å². The van der Waals surface area contributed by atoms with Crippen molar-refractivity contribution in [3.05, 3.63) is 0 Å². The number of hydrogen-bond donors (Lipinski definition) is 2. The normalized spacial score (nSPS) is 11.2. The molecule has 3 N–H and O–H groups in total. The molecule has 0 aromatic rings. The molecule has 0 radical (unpaired) electrons. The third-order valence-electron chi connectivity index (χ3n) is 0.0805. The molecule has 0 bridgehead atoms. The maximum absolute atomic E-state index is 9.27. The first-order valence-electron chi connectivity index (χ1n) is 0.806. The first-order valence-corrected chi connectivity index (χ1v) is 2.05. The molecule has 5 heavy (non-hydrogen) atoms. The summed E-state index contributed by atoms with van der Waals surface area (Å²) in [7, 11) is -2.29. The van der Waals surface area contributed by atoms with Crippen molar-refractivity contribution in [2.24, 2.45) is 5.50 Å². The summed E-state index contributed by atoms with van der Waals surface area (Å²) in [6, 6.07) is 0. The van der Waals surface area contributed by atoms with Gasteiger partial charge in [-0.2, -0.15) is 0 Å². The van der Waals surface area contributed by atoms with E-state index in [0.29, 0.717) is 0 Å². The first-order chi connectivity index (χ1) is 2.27. The van der Waals surface area contributed by atoms with Crippen LogP contribution in [0.5, 0.6) is 0 Å². The molecular weight excluding hydrogens is 93.0 g/mol. The van der Waals surface area contributed by atoms with E-state index in [1.54, 1.807) is 0 Å². The summed E-state index contributed by atoms with van der Waals surface area (Å²) >= 11 is 0. The molecule has 0 spiro atoms. The summed E-state index contributed by atoms with van der Waals surface area (Å²) < 4.78 is 12.3. The second-order valence-corrected chi connectivity index (χ2v) is 1.10. The van der Waals surface area contributed by atoms with Gasteiger partial charge in [0, 0.05) is 4.67 Å². The molecule has 0 amide bonds. The number of nitrogens with two attached hydrogens (primary N) is 1. The van der Waals surface area contributed by atoms with Crippen molar-refractivity contribution in [1.82, 2.24) is 0 Å². The van der Waals surface area contributed by atoms with E-state index in [1.165, 1.54) is 0 Å². The van der Waals surface area contributed by atoms with Gasteiger partial charge in [0.1, 0.15) is 0 Å². The average molecular weight is 96.0 g/mol. The van der Waals surface area contributed by atoms with E-state index in [0.717, 1.165) is 0 Å². The molecule has 0 aliphatic rings. The maximum atomic E-state index is 9.27. The minimum atomic E-state index is -2.29. The van der Waals surface area contributed by atoms with Crippen LogP contribution in [0.3, 0.4) is 0 Å². The Morgan fingerprint density at radius 2 is 2.20 bits per heavy atom. The van der Waals surface area contributed by atoms with Gasteiger partial charge in [-0.05, 0) is 4.57 Å². The van der Waals surface area contributed by atoms with Gasteiger partial charge < -0.3 is 0 Å². The lowest BCUT2D eigenvalue weighted by molar-refractivity contribution is -0.130. The summed E-state index contributed by atoms with van der Waals surface area (Å²) in [4.78, 5) is 0. The summed E-state index contributed by atoms with van der Waals surface area (Å²) in [5.74, 6) is 0. The highest BCUT2D eigenvalue weighted by Crippen LogP contribution is 2.03. The highest BCUT2D eigenvalue weighted by Gasteiger charge is 2.02. The van der Waals surface area contributed by atoms with Crippen molar-refractivity contribution in [2.75, 3.05) is 0 Å².